The third kappa shape index (κ3) is 3.01. The summed E-state index contributed by atoms with van der Waals surface area (Å²) in [4.78, 5) is 18.7. The molecule has 5 heteroatoms. The van der Waals surface area contributed by atoms with Crippen molar-refractivity contribution in [2.75, 3.05) is 32.8 Å². The van der Waals surface area contributed by atoms with Crippen molar-refractivity contribution in [1.82, 2.24) is 15.2 Å². The SMILES string of the molecule is O=C(NC[C@H]1CO[C@@H]2CN(CC3CC3)C[C@H]12)c1cccnc1. The molecular weight excluding hydrogens is 278 g/mol. The second kappa shape index (κ2) is 5.97. The van der Waals surface area contributed by atoms with Crippen LogP contribution in [0.25, 0.3) is 0 Å². The van der Waals surface area contributed by atoms with Gasteiger partial charge in [-0.3, -0.25) is 9.78 Å². The van der Waals surface area contributed by atoms with Gasteiger partial charge in [0, 0.05) is 50.4 Å². The number of amides is 1. The Bertz CT molecular complexity index is 532. The first-order chi connectivity index (χ1) is 10.8. The summed E-state index contributed by atoms with van der Waals surface area (Å²) >= 11 is 0. The van der Waals surface area contributed by atoms with E-state index in [0.717, 1.165) is 25.6 Å². The van der Waals surface area contributed by atoms with Crippen molar-refractivity contribution >= 4 is 5.91 Å². The maximum absolute atomic E-state index is 12.1. The molecule has 3 fully saturated rings. The lowest BCUT2D eigenvalue weighted by Gasteiger charge is -2.19. The lowest BCUT2D eigenvalue weighted by Crippen LogP contribution is -2.34. The largest absolute Gasteiger partial charge is 0.376 e. The Hall–Kier alpha value is -1.46. The summed E-state index contributed by atoms with van der Waals surface area (Å²) in [7, 11) is 0. The molecule has 118 valence electrons. The van der Waals surface area contributed by atoms with Crippen LogP contribution in [-0.4, -0.2) is 54.7 Å². The minimum Gasteiger partial charge on any atom is -0.376 e. The lowest BCUT2D eigenvalue weighted by molar-refractivity contribution is 0.0905. The van der Waals surface area contributed by atoms with Crippen LogP contribution in [0.3, 0.4) is 0 Å². The molecule has 3 atom stereocenters. The lowest BCUT2D eigenvalue weighted by atomic mass is 9.93. The summed E-state index contributed by atoms with van der Waals surface area (Å²) in [6.45, 7) is 4.93. The first-order valence-corrected chi connectivity index (χ1v) is 8.32. The van der Waals surface area contributed by atoms with Crippen molar-refractivity contribution in [3.8, 4) is 0 Å². The van der Waals surface area contributed by atoms with Crippen LogP contribution in [0.1, 0.15) is 23.2 Å². The Morgan fingerprint density at radius 3 is 3.09 bits per heavy atom. The Labute approximate surface area is 131 Å². The standard InChI is InChI=1S/C17H23N3O2/c21-17(13-2-1-5-18-6-13)19-7-14-11-22-16-10-20(9-15(14)16)8-12-3-4-12/h1-2,5-6,12,14-16H,3-4,7-11H2,(H,19,21)/t14-,15+,16+/m0/s1. The van der Waals surface area contributed by atoms with E-state index >= 15 is 0 Å². The van der Waals surface area contributed by atoms with Gasteiger partial charge in [-0.1, -0.05) is 0 Å². The van der Waals surface area contributed by atoms with Gasteiger partial charge in [0.15, 0.2) is 0 Å². The van der Waals surface area contributed by atoms with Crippen LogP contribution in [0.4, 0.5) is 0 Å². The van der Waals surface area contributed by atoms with Gasteiger partial charge in [-0.15, -0.1) is 0 Å². The van der Waals surface area contributed by atoms with Gasteiger partial charge in [-0.2, -0.15) is 0 Å². The zero-order chi connectivity index (χ0) is 14.9. The van der Waals surface area contributed by atoms with E-state index in [0.29, 0.717) is 30.0 Å². The minimum atomic E-state index is -0.0376. The van der Waals surface area contributed by atoms with E-state index in [2.05, 4.69) is 15.2 Å². The second-order valence-electron chi connectivity index (χ2n) is 6.91. The number of carbonyl (C=O) groups excluding carboxylic acids is 1. The van der Waals surface area contributed by atoms with E-state index in [1.165, 1.54) is 19.4 Å². The molecule has 2 saturated heterocycles. The summed E-state index contributed by atoms with van der Waals surface area (Å²) in [5.74, 6) is 1.91. The van der Waals surface area contributed by atoms with E-state index in [1.807, 2.05) is 0 Å². The number of likely N-dealkylation sites (tertiary alicyclic amines) is 1. The molecule has 0 aromatic carbocycles. The van der Waals surface area contributed by atoms with Gasteiger partial charge in [0.1, 0.15) is 0 Å². The van der Waals surface area contributed by atoms with Crippen LogP contribution < -0.4 is 5.32 Å². The highest BCUT2D eigenvalue weighted by atomic mass is 16.5. The first-order valence-electron chi connectivity index (χ1n) is 8.32. The molecule has 0 unspecified atom stereocenters. The van der Waals surface area contributed by atoms with Crippen molar-refractivity contribution < 1.29 is 9.53 Å². The summed E-state index contributed by atoms with van der Waals surface area (Å²) in [5.41, 5.74) is 0.625. The topological polar surface area (TPSA) is 54.5 Å². The molecule has 1 amide bonds. The zero-order valence-corrected chi connectivity index (χ0v) is 12.8. The van der Waals surface area contributed by atoms with Crippen molar-refractivity contribution in [3.63, 3.8) is 0 Å². The van der Waals surface area contributed by atoms with E-state index in [-0.39, 0.29) is 5.91 Å². The molecule has 3 heterocycles. The van der Waals surface area contributed by atoms with Crippen molar-refractivity contribution in [3.05, 3.63) is 30.1 Å². The Morgan fingerprint density at radius 2 is 2.32 bits per heavy atom. The Kier molecular flexibility index (Phi) is 3.84. The Balaban J connectivity index is 1.29. The number of hydrogen-bond donors (Lipinski definition) is 1. The molecule has 1 aromatic heterocycles. The van der Waals surface area contributed by atoms with Crippen LogP contribution in [0.5, 0.6) is 0 Å². The number of pyridine rings is 1. The quantitative estimate of drug-likeness (QED) is 0.887. The molecule has 1 aliphatic carbocycles. The number of fused-ring (bicyclic) bond motifs is 1. The summed E-state index contributed by atoms with van der Waals surface area (Å²) < 4.78 is 5.95. The molecule has 1 N–H and O–H groups in total. The maximum atomic E-state index is 12.1. The van der Waals surface area contributed by atoms with Gasteiger partial charge in [0.05, 0.1) is 18.3 Å². The third-order valence-corrected chi connectivity index (χ3v) is 5.18. The van der Waals surface area contributed by atoms with Crippen LogP contribution in [-0.2, 0) is 4.74 Å². The number of carbonyl (C=O) groups is 1. The van der Waals surface area contributed by atoms with Gasteiger partial charge in [-0.25, -0.2) is 0 Å². The molecule has 0 spiro atoms. The van der Waals surface area contributed by atoms with Crippen molar-refractivity contribution in [2.24, 2.45) is 17.8 Å². The molecule has 5 nitrogen and oxygen atoms in total. The van der Waals surface area contributed by atoms with Gasteiger partial charge in [0.25, 0.3) is 5.91 Å². The van der Waals surface area contributed by atoms with Crippen LogP contribution in [0.15, 0.2) is 24.5 Å². The molecule has 2 aliphatic heterocycles. The summed E-state index contributed by atoms with van der Waals surface area (Å²) in [6, 6.07) is 3.58. The van der Waals surface area contributed by atoms with Gasteiger partial charge in [-0.05, 0) is 30.9 Å². The highest BCUT2D eigenvalue weighted by molar-refractivity contribution is 5.93. The number of rotatable bonds is 5. The fraction of sp³-hybridized carbons (Fsp3) is 0.647. The number of nitrogens with one attached hydrogen (secondary N) is 1. The fourth-order valence-corrected chi connectivity index (χ4v) is 3.73. The predicted molar refractivity (Wildman–Crippen MR) is 82.5 cm³/mol. The highest BCUT2D eigenvalue weighted by Gasteiger charge is 2.44. The van der Waals surface area contributed by atoms with Gasteiger partial charge >= 0.3 is 0 Å². The van der Waals surface area contributed by atoms with Crippen LogP contribution in [0.2, 0.25) is 0 Å². The van der Waals surface area contributed by atoms with Gasteiger partial charge < -0.3 is 15.0 Å². The fourth-order valence-electron chi connectivity index (χ4n) is 3.73. The zero-order valence-electron chi connectivity index (χ0n) is 12.8. The van der Waals surface area contributed by atoms with Crippen molar-refractivity contribution in [2.45, 2.75) is 18.9 Å². The summed E-state index contributed by atoms with van der Waals surface area (Å²) in [5, 5.41) is 3.04. The van der Waals surface area contributed by atoms with Crippen molar-refractivity contribution in [1.29, 1.82) is 0 Å². The molecule has 0 bridgehead atoms. The molecule has 3 aliphatic rings. The minimum absolute atomic E-state index is 0.0376. The molecule has 0 radical (unpaired) electrons. The maximum Gasteiger partial charge on any atom is 0.252 e. The predicted octanol–water partition coefficient (Wildman–Crippen LogP) is 1.17. The molecule has 22 heavy (non-hydrogen) atoms. The highest BCUT2D eigenvalue weighted by Crippen LogP contribution is 2.36. The average Bonchev–Trinajstić information content (AvgIpc) is 3.14. The monoisotopic (exact) mass is 301 g/mol. The Morgan fingerprint density at radius 1 is 1.41 bits per heavy atom. The number of ether oxygens (including phenoxy) is 1. The second-order valence-corrected chi connectivity index (χ2v) is 6.91. The van der Waals surface area contributed by atoms with E-state index in [4.69, 9.17) is 4.74 Å². The summed E-state index contributed by atoms with van der Waals surface area (Å²) in [6.07, 6.45) is 6.46. The number of nitrogens with zero attached hydrogens (tertiary/aromatic N) is 2. The molecule has 1 aromatic rings. The normalized spacial score (nSPS) is 31.2. The number of hydrogen-bond acceptors (Lipinski definition) is 4. The molecule has 1 saturated carbocycles. The van der Waals surface area contributed by atoms with E-state index < -0.39 is 0 Å². The average molecular weight is 301 g/mol. The molecular formula is C17H23N3O2. The third-order valence-electron chi connectivity index (χ3n) is 5.18. The number of aromatic nitrogens is 1. The van der Waals surface area contributed by atoms with Crippen LogP contribution >= 0.6 is 0 Å². The smallest absolute Gasteiger partial charge is 0.252 e. The first kappa shape index (κ1) is 14.2. The van der Waals surface area contributed by atoms with Gasteiger partial charge in [0.2, 0.25) is 0 Å². The van der Waals surface area contributed by atoms with E-state index in [1.54, 1.807) is 24.5 Å². The molecule has 4 rings (SSSR count). The van der Waals surface area contributed by atoms with Crippen LogP contribution in [0, 0.1) is 17.8 Å². The van der Waals surface area contributed by atoms with E-state index in [9.17, 15) is 4.79 Å².